The number of hydrogen-bond donors (Lipinski definition) is 0. The molecule has 3 heteroatoms. The molecule has 0 nitrogen and oxygen atoms in total. The SMILES string of the molecule is FC(F)(F)c1ccc2c(c1)-c1ccc3c(c1CC2)CCc1ccccc1-3. The molecule has 0 fully saturated rings. The van der Waals surface area contributed by atoms with E-state index in [9.17, 15) is 13.2 Å². The molecule has 0 heterocycles. The Morgan fingerprint density at radius 3 is 1.88 bits per heavy atom. The Bertz CT molecular complexity index is 1030. The summed E-state index contributed by atoms with van der Waals surface area (Å²) >= 11 is 0. The minimum atomic E-state index is -4.31. The van der Waals surface area contributed by atoms with Gasteiger partial charge < -0.3 is 0 Å². The molecule has 26 heavy (non-hydrogen) atoms. The molecule has 0 radical (unpaired) electrons. The van der Waals surface area contributed by atoms with Crippen LogP contribution in [-0.2, 0) is 31.9 Å². The zero-order valence-corrected chi connectivity index (χ0v) is 14.2. The Kier molecular flexibility index (Phi) is 3.30. The van der Waals surface area contributed by atoms with E-state index >= 15 is 0 Å². The highest BCUT2D eigenvalue weighted by molar-refractivity contribution is 5.82. The van der Waals surface area contributed by atoms with E-state index in [1.807, 2.05) is 6.07 Å². The maximum atomic E-state index is 13.2. The first-order valence-electron chi connectivity index (χ1n) is 8.96. The third-order valence-corrected chi connectivity index (χ3v) is 5.75. The van der Waals surface area contributed by atoms with Crippen LogP contribution in [0.4, 0.5) is 13.2 Å². The first kappa shape index (κ1) is 15.7. The van der Waals surface area contributed by atoms with E-state index in [0.29, 0.717) is 0 Å². The molecular weight excluding hydrogens is 333 g/mol. The molecule has 3 aromatic carbocycles. The van der Waals surface area contributed by atoms with Crippen molar-refractivity contribution >= 4 is 0 Å². The fraction of sp³-hybridized carbons (Fsp3) is 0.217. The van der Waals surface area contributed by atoms with Crippen LogP contribution in [0.5, 0.6) is 0 Å². The smallest absolute Gasteiger partial charge is 0.166 e. The summed E-state index contributed by atoms with van der Waals surface area (Å²) in [5.41, 5.74) is 8.63. The Morgan fingerprint density at radius 2 is 1.19 bits per heavy atom. The van der Waals surface area contributed by atoms with Gasteiger partial charge in [0.1, 0.15) is 0 Å². The summed E-state index contributed by atoms with van der Waals surface area (Å²) in [6.45, 7) is 0. The summed E-state index contributed by atoms with van der Waals surface area (Å²) < 4.78 is 39.5. The van der Waals surface area contributed by atoms with Gasteiger partial charge in [0.2, 0.25) is 0 Å². The Hall–Kier alpha value is -2.55. The lowest BCUT2D eigenvalue weighted by atomic mass is 9.76. The van der Waals surface area contributed by atoms with Crippen molar-refractivity contribution in [1.82, 2.24) is 0 Å². The van der Waals surface area contributed by atoms with Crippen LogP contribution in [-0.4, -0.2) is 0 Å². The lowest BCUT2D eigenvalue weighted by Gasteiger charge is -2.28. The number of benzene rings is 3. The summed E-state index contributed by atoms with van der Waals surface area (Å²) in [6, 6.07) is 16.7. The quantitative estimate of drug-likeness (QED) is 0.450. The maximum absolute atomic E-state index is 13.2. The van der Waals surface area contributed by atoms with E-state index in [-0.39, 0.29) is 0 Å². The van der Waals surface area contributed by atoms with E-state index in [4.69, 9.17) is 0 Å². The molecule has 0 spiro atoms. The zero-order chi connectivity index (χ0) is 17.9. The van der Waals surface area contributed by atoms with Crippen molar-refractivity contribution in [3.8, 4) is 22.3 Å². The Balaban J connectivity index is 1.71. The fourth-order valence-electron chi connectivity index (χ4n) is 4.51. The van der Waals surface area contributed by atoms with Gasteiger partial charge >= 0.3 is 6.18 Å². The van der Waals surface area contributed by atoms with E-state index in [1.165, 1.54) is 39.9 Å². The molecule has 2 aliphatic carbocycles. The van der Waals surface area contributed by atoms with Crippen molar-refractivity contribution in [3.63, 3.8) is 0 Å². The zero-order valence-electron chi connectivity index (χ0n) is 14.2. The number of fused-ring (bicyclic) bond motifs is 7. The molecule has 0 aromatic heterocycles. The van der Waals surface area contributed by atoms with Gasteiger partial charge in [0.05, 0.1) is 5.56 Å². The van der Waals surface area contributed by atoms with Crippen LogP contribution in [0.3, 0.4) is 0 Å². The average Bonchev–Trinajstić information content (AvgIpc) is 2.66. The van der Waals surface area contributed by atoms with Gasteiger partial charge in [-0.1, -0.05) is 42.5 Å². The third-order valence-electron chi connectivity index (χ3n) is 5.75. The summed E-state index contributed by atoms with van der Waals surface area (Å²) in [5, 5.41) is 0. The molecule has 130 valence electrons. The first-order valence-corrected chi connectivity index (χ1v) is 8.96. The highest BCUT2D eigenvalue weighted by Gasteiger charge is 2.32. The lowest BCUT2D eigenvalue weighted by molar-refractivity contribution is -0.137. The first-order chi connectivity index (χ1) is 12.5. The van der Waals surface area contributed by atoms with E-state index in [0.717, 1.165) is 42.4 Å². The summed E-state index contributed by atoms with van der Waals surface area (Å²) in [6.07, 6.45) is -0.643. The monoisotopic (exact) mass is 350 g/mol. The van der Waals surface area contributed by atoms with Crippen molar-refractivity contribution in [2.45, 2.75) is 31.9 Å². The largest absolute Gasteiger partial charge is 0.416 e. The molecule has 0 N–H and O–H groups in total. The summed E-state index contributed by atoms with van der Waals surface area (Å²) in [7, 11) is 0. The molecule has 2 aliphatic rings. The molecule has 0 atom stereocenters. The van der Waals surface area contributed by atoms with E-state index in [2.05, 4.69) is 30.3 Å². The van der Waals surface area contributed by atoms with Crippen molar-refractivity contribution in [2.75, 3.05) is 0 Å². The lowest BCUT2D eigenvalue weighted by Crippen LogP contribution is -2.13. The van der Waals surface area contributed by atoms with Gasteiger partial charge in [0, 0.05) is 0 Å². The molecule has 0 bridgehead atoms. The third kappa shape index (κ3) is 2.30. The van der Waals surface area contributed by atoms with Gasteiger partial charge in [-0.15, -0.1) is 0 Å². The Morgan fingerprint density at radius 1 is 0.577 bits per heavy atom. The van der Waals surface area contributed by atoms with Crippen molar-refractivity contribution in [3.05, 3.63) is 82.4 Å². The molecule has 0 aliphatic heterocycles. The van der Waals surface area contributed by atoms with Crippen molar-refractivity contribution in [1.29, 1.82) is 0 Å². The molecule has 0 saturated carbocycles. The van der Waals surface area contributed by atoms with Crippen LogP contribution in [0.25, 0.3) is 22.3 Å². The van der Waals surface area contributed by atoms with E-state index < -0.39 is 11.7 Å². The number of alkyl halides is 3. The maximum Gasteiger partial charge on any atom is 0.416 e. The van der Waals surface area contributed by atoms with Crippen LogP contribution in [0.2, 0.25) is 0 Å². The second-order valence-corrected chi connectivity index (χ2v) is 7.14. The average molecular weight is 350 g/mol. The van der Waals surface area contributed by atoms with Crippen LogP contribution >= 0.6 is 0 Å². The topological polar surface area (TPSA) is 0 Å². The van der Waals surface area contributed by atoms with Crippen LogP contribution in [0.15, 0.2) is 54.6 Å². The Labute approximate surface area is 150 Å². The number of hydrogen-bond acceptors (Lipinski definition) is 0. The minimum Gasteiger partial charge on any atom is -0.166 e. The second kappa shape index (κ2) is 5.47. The highest BCUT2D eigenvalue weighted by Crippen LogP contribution is 2.44. The molecule has 0 unspecified atom stereocenters. The van der Waals surface area contributed by atoms with Gasteiger partial charge in [0.15, 0.2) is 0 Å². The van der Waals surface area contributed by atoms with Crippen LogP contribution in [0, 0.1) is 0 Å². The molecule has 0 amide bonds. The molecule has 0 saturated heterocycles. The van der Waals surface area contributed by atoms with Gasteiger partial charge in [0.25, 0.3) is 0 Å². The van der Waals surface area contributed by atoms with Crippen LogP contribution < -0.4 is 0 Å². The van der Waals surface area contributed by atoms with Gasteiger partial charge in [-0.2, -0.15) is 13.2 Å². The summed E-state index contributed by atoms with van der Waals surface area (Å²) in [5.74, 6) is 0. The van der Waals surface area contributed by atoms with Crippen molar-refractivity contribution in [2.24, 2.45) is 0 Å². The van der Waals surface area contributed by atoms with E-state index in [1.54, 1.807) is 6.07 Å². The van der Waals surface area contributed by atoms with Gasteiger partial charge in [-0.05, 0) is 82.3 Å². The summed E-state index contributed by atoms with van der Waals surface area (Å²) in [4.78, 5) is 0. The van der Waals surface area contributed by atoms with Crippen molar-refractivity contribution < 1.29 is 13.2 Å². The highest BCUT2D eigenvalue weighted by atomic mass is 19.4. The van der Waals surface area contributed by atoms with Gasteiger partial charge in [-0.3, -0.25) is 0 Å². The predicted molar refractivity (Wildman–Crippen MR) is 97.1 cm³/mol. The number of halogens is 3. The standard InChI is InChI=1S/C23H17F3/c24-23(25,26)16-8-5-15-7-10-20-19-9-6-14-3-1-2-4-17(14)18(19)11-12-21(20)22(15)13-16/h1-5,8,11-13H,6-7,9-10H2. The molecule has 3 aromatic rings. The minimum absolute atomic E-state index is 0.563. The normalized spacial score (nSPS) is 14.9. The van der Waals surface area contributed by atoms with Gasteiger partial charge in [-0.25, -0.2) is 0 Å². The number of aryl methyl sites for hydroxylation is 2. The fourth-order valence-corrected chi connectivity index (χ4v) is 4.51. The van der Waals surface area contributed by atoms with Crippen LogP contribution in [0.1, 0.15) is 27.8 Å². The molecule has 5 rings (SSSR count). The second-order valence-electron chi connectivity index (χ2n) is 7.14. The predicted octanol–water partition coefficient (Wildman–Crippen LogP) is 6.24. The number of rotatable bonds is 0. The molecular formula is C23H17F3.